The van der Waals surface area contributed by atoms with Gasteiger partial charge in [-0.25, -0.2) is 0 Å². The fraction of sp³-hybridized carbons (Fsp3) is 0.304. The maximum atomic E-state index is 5.80. The lowest BCUT2D eigenvalue weighted by Gasteiger charge is -2.20. The molecule has 0 bridgehead atoms. The van der Waals surface area contributed by atoms with Gasteiger partial charge >= 0.3 is 0 Å². The van der Waals surface area contributed by atoms with E-state index in [0.29, 0.717) is 28.6 Å². The number of anilines is 1. The van der Waals surface area contributed by atoms with Crippen molar-refractivity contribution in [2.45, 2.75) is 38.2 Å². The molecule has 4 aromatic rings. The number of aromatic nitrogens is 4. The molecule has 0 N–H and O–H groups in total. The molecule has 4 rings (SSSR count). The lowest BCUT2D eigenvalue weighted by molar-refractivity contribution is 0.391. The Labute approximate surface area is 185 Å². The van der Waals surface area contributed by atoms with E-state index in [1.807, 2.05) is 24.3 Å². The Balaban J connectivity index is 1.38. The number of rotatable bonds is 9. The highest BCUT2D eigenvalue weighted by Crippen LogP contribution is 2.27. The van der Waals surface area contributed by atoms with E-state index in [1.54, 1.807) is 0 Å². The van der Waals surface area contributed by atoms with E-state index in [4.69, 9.17) is 8.94 Å². The van der Waals surface area contributed by atoms with Crippen LogP contribution in [0, 0.1) is 0 Å². The van der Waals surface area contributed by atoms with Crippen LogP contribution >= 0.6 is 11.8 Å². The molecule has 160 valence electrons. The molecular formula is C23H25N5O2S. The first-order valence-electron chi connectivity index (χ1n) is 10.4. The SMILES string of the molecule is CCc1ccc(-c2noc(CSc3nnc(-c4ccc(N(CC)CC)cc4)o3)n2)cc1. The lowest BCUT2D eigenvalue weighted by Crippen LogP contribution is -2.21. The fourth-order valence-corrected chi connectivity index (χ4v) is 3.83. The van der Waals surface area contributed by atoms with Crippen LogP contribution in [0.2, 0.25) is 0 Å². The van der Waals surface area contributed by atoms with E-state index in [9.17, 15) is 0 Å². The zero-order valence-corrected chi connectivity index (χ0v) is 18.7. The predicted octanol–water partition coefficient (Wildman–Crippen LogP) is 5.49. The van der Waals surface area contributed by atoms with Crippen molar-refractivity contribution < 1.29 is 8.94 Å². The van der Waals surface area contributed by atoms with Crippen molar-refractivity contribution in [3.05, 3.63) is 60.0 Å². The molecule has 0 saturated carbocycles. The summed E-state index contributed by atoms with van der Waals surface area (Å²) in [4.78, 5) is 6.75. The third-order valence-corrected chi connectivity index (χ3v) is 5.86. The molecule has 2 heterocycles. The van der Waals surface area contributed by atoms with Gasteiger partial charge in [-0.1, -0.05) is 48.1 Å². The number of nitrogens with zero attached hydrogens (tertiary/aromatic N) is 5. The van der Waals surface area contributed by atoms with Gasteiger partial charge in [0.25, 0.3) is 5.22 Å². The molecule has 8 heteroatoms. The monoisotopic (exact) mass is 435 g/mol. The van der Waals surface area contributed by atoms with E-state index in [0.717, 1.165) is 30.6 Å². The first-order valence-corrected chi connectivity index (χ1v) is 11.4. The van der Waals surface area contributed by atoms with Crippen LogP contribution in [0.1, 0.15) is 32.2 Å². The van der Waals surface area contributed by atoms with Gasteiger partial charge in [-0.2, -0.15) is 4.98 Å². The topological polar surface area (TPSA) is 81.1 Å². The Morgan fingerprint density at radius 3 is 2.26 bits per heavy atom. The minimum atomic E-state index is 0.461. The number of thioether (sulfide) groups is 1. The second-order valence-electron chi connectivity index (χ2n) is 6.94. The maximum absolute atomic E-state index is 5.80. The van der Waals surface area contributed by atoms with E-state index in [1.165, 1.54) is 23.0 Å². The van der Waals surface area contributed by atoms with Crippen molar-refractivity contribution in [2.24, 2.45) is 0 Å². The van der Waals surface area contributed by atoms with E-state index in [2.05, 4.69) is 70.3 Å². The van der Waals surface area contributed by atoms with Crippen LogP contribution in [0.25, 0.3) is 22.8 Å². The van der Waals surface area contributed by atoms with Crippen molar-refractivity contribution in [3.8, 4) is 22.8 Å². The van der Waals surface area contributed by atoms with Crippen LogP contribution in [0.5, 0.6) is 0 Å². The Bertz CT molecular complexity index is 1100. The third-order valence-electron chi connectivity index (χ3n) is 5.06. The number of aryl methyl sites for hydroxylation is 1. The van der Waals surface area contributed by atoms with Crippen LogP contribution in [-0.2, 0) is 12.2 Å². The summed E-state index contributed by atoms with van der Waals surface area (Å²) in [5, 5.41) is 12.8. The van der Waals surface area contributed by atoms with Gasteiger partial charge in [0.05, 0.1) is 5.75 Å². The maximum Gasteiger partial charge on any atom is 0.277 e. The molecule has 0 saturated heterocycles. The highest BCUT2D eigenvalue weighted by Gasteiger charge is 2.13. The first kappa shape index (κ1) is 21.1. The van der Waals surface area contributed by atoms with Crippen molar-refractivity contribution in [1.82, 2.24) is 20.3 Å². The summed E-state index contributed by atoms with van der Waals surface area (Å²) in [5.41, 5.74) is 4.29. The molecule has 0 spiro atoms. The molecule has 0 amide bonds. The Morgan fingerprint density at radius 2 is 1.58 bits per heavy atom. The van der Waals surface area contributed by atoms with E-state index >= 15 is 0 Å². The van der Waals surface area contributed by atoms with Gasteiger partial charge in [0, 0.05) is 29.9 Å². The summed E-state index contributed by atoms with van der Waals surface area (Å²) in [6, 6.07) is 16.3. The summed E-state index contributed by atoms with van der Waals surface area (Å²) in [6.45, 7) is 8.36. The fourth-order valence-electron chi connectivity index (χ4n) is 3.23. The molecular weight excluding hydrogens is 410 g/mol. The molecule has 0 aliphatic carbocycles. The molecule has 0 atom stereocenters. The smallest absolute Gasteiger partial charge is 0.277 e. The second-order valence-corrected chi connectivity index (χ2v) is 7.87. The minimum absolute atomic E-state index is 0.461. The number of benzene rings is 2. The van der Waals surface area contributed by atoms with Crippen LogP contribution in [0.4, 0.5) is 5.69 Å². The molecule has 0 unspecified atom stereocenters. The van der Waals surface area contributed by atoms with Crippen LogP contribution in [-0.4, -0.2) is 33.4 Å². The Hall–Kier alpha value is -3.13. The Morgan fingerprint density at radius 1 is 0.871 bits per heavy atom. The molecule has 2 aromatic heterocycles. The number of hydrogen-bond donors (Lipinski definition) is 0. The molecule has 0 aliphatic rings. The molecule has 31 heavy (non-hydrogen) atoms. The van der Waals surface area contributed by atoms with Crippen molar-refractivity contribution in [2.75, 3.05) is 18.0 Å². The quantitative estimate of drug-likeness (QED) is 0.319. The van der Waals surface area contributed by atoms with Gasteiger partial charge in [0.1, 0.15) is 0 Å². The molecule has 0 radical (unpaired) electrons. The van der Waals surface area contributed by atoms with Crippen molar-refractivity contribution >= 4 is 17.4 Å². The summed E-state index contributed by atoms with van der Waals surface area (Å²) < 4.78 is 11.2. The van der Waals surface area contributed by atoms with Gasteiger partial charge in [0.15, 0.2) is 0 Å². The summed E-state index contributed by atoms with van der Waals surface area (Å²) in [5.74, 6) is 2.05. The van der Waals surface area contributed by atoms with E-state index < -0.39 is 0 Å². The van der Waals surface area contributed by atoms with Crippen LogP contribution in [0.3, 0.4) is 0 Å². The van der Waals surface area contributed by atoms with Gasteiger partial charge < -0.3 is 13.8 Å². The van der Waals surface area contributed by atoms with Crippen LogP contribution in [0.15, 0.2) is 62.7 Å². The summed E-state index contributed by atoms with van der Waals surface area (Å²) >= 11 is 1.37. The molecule has 0 fully saturated rings. The molecule has 0 aliphatic heterocycles. The van der Waals surface area contributed by atoms with E-state index in [-0.39, 0.29) is 0 Å². The van der Waals surface area contributed by atoms with Crippen molar-refractivity contribution in [3.63, 3.8) is 0 Å². The minimum Gasteiger partial charge on any atom is -0.411 e. The average Bonchev–Trinajstić information content (AvgIpc) is 3.49. The van der Waals surface area contributed by atoms with Gasteiger partial charge in [-0.15, -0.1) is 10.2 Å². The van der Waals surface area contributed by atoms with Crippen molar-refractivity contribution in [1.29, 1.82) is 0 Å². The van der Waals surface area contributed by atoms with Gasteiger partial charge in [-0.05, 0) is 50.1 Å². The summed E-state index contributed by atoms with van der Waals surface area (Å²) in [6.07, 6.45) is 1.00. The van der Waals surface area contributed by atoms with Gasteiger partial charge in [0.2, 0.25) is 17.6 Å². The number of hydrogen-bond acceptors (Lipinski definition) is 8. The predicted molar refractivity (Wildman–Crippen MR) is 122 cm³/mol. The average molecular weight is 436 g/mol. The third kappa shape index (κ3) is 4.96. The van der Waals surface area contributed by atoms with Crippen LogP contribution < -0.4 is 4.90 Å². The first-order chi connectivity index (χ1) is 15.2. The largest absolute Gasteiger partial charge is 0.411 e. The normalized spacial score (nSPS) is 11.1. The van der Waals surface area contributed by atoms with Gasteiger partial charge in [-0.3, -0.25) is 0 Å². The Kier molecular flexibility index (Phi) is 6.66. The zero-order chi connectivity index (χ0) is 21.6. The zero-order valence-electron chi connectivity index (χ0n) is 17.9. The molecule has 7 nitrogen and oxygen atoms in total. The molecule has 2 aromatic carbocycles. The highest BCUT2D eigenvalue weighted by molar-refractivity contribution is 7.98. The summed E-state index contributed by atoms with van der Waals surface area (Å²) in [7, 11) is 0. The second kappa shape index (κ2) is 9.78. The standard InChI is InChI=1S/C23H25N5O2S/c1-4-16-7-9-17(10-8-16)21-24-20(30-27-21)15-31-23-26-25-22(29-23)18-11-13-19(14-12-18)28(5-2)6-3/h7-14H,4-6,15H2,1-3H3. The lowest BCUT2D eigenvalue weighted by atomic mass is 10.1. The highest BCUT2D eigenvalue weighted by atomic mass is 32.2.